The number of aryl methyl sites for hydroxylation is 1. The van der Waals surface area contributed by atoms with E-state index in [1.807, 2.05) is 0 Å². The fraction of sp³-hybridized carbons (Fsp3) is 0.217. The monoisotopic (exact) mass is 629 g/mol. The van der Waals surface area contributed by atoms with Crippen molar-refractivity contribution in [1.82, 2.24) is 4.98 Å². The molecule has 13 nitrogen and oxygen atoms in total. The fourth-order valence-electron chi connectivity index (χ4n) is 4.36. The first-order valence-electron chi connectivity index (χ1n) is 11.6. The van der Waals surface area contributed by atoms with Crippen molar-refractivity contribution in [2.45, 2.75) is 22.6 Å². The van der Waals surface area contributed by atoms with E-state index in [2.05, 4.69) is 15.3 Å². The third kappa shape index (κ3) is 4.88. The lowest BCUT2D eigenvalue weighted by Crippen LogP contribution is -2.19. The van der Waals surface area contributed by atoms with Crippen molar-refractivity contribution in [2.75, 3.05) is 25.0 Å². The van der Waals surface area contributed by atoms with Gasteiger partial charge in [0.1, 0.15) is 31.8 Å². The maximum absolute atomic E-state index is 12.4. The van der Waals surface area contributed by atoms with Crippen LogP contribution in [0.25, 0.3) is 22.6 Å². The number of hydrogen-bond acceptors (Lipinski definition) is 11. The first-order chi connectivity index (χ1) is 18.9. The van der Waals surface area contributed by atoms with Crippen LogP contribution in [-0.2, 0) is 26.7 Å². The normalized spacial score (nSPS) is 13.7. The SMILES string of the molecule is NCCCc1ccc2c(c1S(=O)(=O)O)Oc1c(c(Cl)c3oc4c(S(=O)(=O)O)c(=NCCN)ccc-4nc3c1Cl)N2. The summed E-state index contributed by atoms with van der Waals surface area (Å²) in [4.78, 5) is 7.39. The zero-order valence-corrected chi connectivity index (χ0v) is 23.5. The Balaban J connectivity index is 1.78. The number of aromatic nitrogens is 1. The van der Waals surface area contributed by atoms with Crippen molar-refractivity contribution in [1.29, 1.82) is 0 Å². The Morgan fingerprint density at radius 1 is 0.950 bits per heavy atom. The summed E-state index contributed by atoms with van der Waals surface area (Å²) in [6.07, 6.45) is 0.706. The summed E-state index contributed by atoms with van der Waals surface area (Å²) in [5.41, 5.74) is 11.3. The van der Waals surface area contributed by atoms with Gasteiger partial charge in [-0.2, -0.15) is 16.8 Å². The summed E-state index contributed by atoms with van der Waals surface area (Å²) < 4.78 is 81.1. The highest BCUT2D eigenvalue weighted by Gasteiger charge is 2.34. The highest BCUT2D eigenvalue weighted by atomic mass is 35.5. The average Bonchev–Trinajstić information content (AvgIpc) is 2.90. The molecular weight excluding hydrogens is 609 g/mol. The lowest BCUT2D eigenvalue weighted by molar-refractivity contribution is 0.446. The minimum atomic E-state index is -4.84. The molecule has 2 aliphatic heterocycles. The molecule has 2 heterocycles. The molecule has 2 aromatic carbocycles. The smallest absolute Gasteiger partial charge is 0.300 e. The molecule has 0 amide bonds. The Bertz CT molecular complexity index is 1950. The summed E-state index contributed by atoms with van der Waals surface area (Å²) in [6, 6.07) is 5.75. The molecule has 40 heavy (non-hydrogen) atoms. The van der Waals surface area contributed by atoms with E-state index >= 15 is 0 Å². The Morgan fingerprint density at radius 3 is 2.33 bits per heavy atom. The molecule has 0 unspecified atom stereocenters. The van der Waals surface area contributed by atoms with Crippen molar-refractivity contribution in [3.63, 3.8) is 0 Å². The van der Waals surface area contributed by atoms with Crippen LogP contribution in [0.4, 0.5) is 11.4 Å². The molecule has 0 radical (unpaired) electrons. The average molecular weight is 630 g/mol. The van der Waals surface area contributed by atoms with E-state index in [0.717, 1.165) is 0 Å². The molecule has 17 heteroatoms. The minimum Gasteiger partial charge on any atom is -0.450 e. The van der Waals surface area contributed by atoms with Gasteiger partial charge in [0, 0.05) is 6.54 Å². The van der Waals surface area contributed by atoms with Gasteiger partial charge < -0.3 is 25.9 Å². The van der Waals surface area contributed by atoms with E-state index in [1.165, 1.54) is 24.3 Å². The third-order valence-electron chi connectivity index (χ3n) is 6.01. The van der Waals surface area contributed by atoms with Crippen LogP contribution >= 0.6 is 23.2 Å². The number of fused-ring (bicyclic) bond motifs is 4. The number of ether oxygens (including phenoxy) is 1. The van der Waals surface area contributed by atoms with Gasteiger partial charge in [-0.05, 0) is 43.1 Å². The van der Waals surface area contributed by atoms with Gasteiger partial charge in [-0.25, -0.2) is 4.98 Å². The van der Waals surface area contributed by atoms with Crippen LogP contribution < -0.4 is 26.9 Å². The quantitative estimate of drug-likeness (QED) is 0.129. The van der Waals surface area contributed by atoms with Gasteiger partial charge in [0.05, 0.1) is 17.6 Å². The summed E-state index contributed by atoms with van der Waals surface area (Å²) >= 11 is 13.3. The Kier molecular flexibility index (Phi) is 7.43. The predicted molar refractivity (Wildman–Crippen MR) is 147 cm³/mol. The summed E-state index contributed by atoms with van der Waals surface area (Å²) in [6.45, 7) is 0.502. The molecule has 0 atom stereocenters. The second-order valence-electron chi connectivity index (χ2n) is 8.66. The largest absolute Gasteiger partial charge is 0.450 e. The first-order valence-corrected chi connectivity index (χ1v) is 15.2. The Labute approximate surface area is 237 Å². The van der Waals surface area contributed by atoms with Crippen LogP contribution in [0.15, 0.2) is 43.5 Å². The number of halogens is 2. The lowest BCUT2D eigenvalue weighted by atomic mass is 10.1. The van der Waals surface area contributed by atoms with Gasteiger partial charge in [0.15, 0.2) is 27.7 Å². The maximum Gasteiger partial charge on any atom is 0.300 e. The van der Waals surface area contributed by atoms with Crippen LogP contribution in [0.1, 0.15) is 12.0 Å². The standard InChI is InChI=1S/C23H21Cl2N5O8S2/c24-14-17-21(38-19-12(30-17)5-6-13(28-9-8-27)23(19)40(34,35)36)15(25)16-20(14)37-18-11(29-16)4-3-10(2-1-7-26)22(18)39(31,32)33/h3-6,29H,1-2,7-9,26-27H2,(H,31,32,33)(H,34,35,36). The third-order valence-corrected chi connectivity index (χ3v) is 8.60. The maximum atomic E-state index is 12.4. The van der Waals surface area contributed by atoms with Crippen LogP contribution in [0.2, 0.25) is 10.0 Å². The molecule has 0 fully saturated rings. The van der Waals surface area contributed by atoms with Gasteiger partial charge >= 0.3 is 10.1 Å². The first kappa shape index (κ1) is 28.5. The van der Waals surface area contributed by atoms with E-state index in [1.54, 1.807) is 0 Å². The molecule has 7 N–H and O–H groups in total. The minimum absolute atomic E-state index is 0.0170. The van der Waals surface area contributed by atoms with Crippen molar-refractivity contribution in [2.24, 2.45) is 16.5 Å². The molecule has 212 valence electrons. The van der Waals surface area contributed by atoms with E-state index in [9.17, 15) is 25.9 Å². The molecular formula is C23H21Cl2N5O8S2. The molecule has 0 saturated heterocycles. The number of hydrogen-bond donors (Lipinski definition) is 5. The molecule has 0 saturated carbocycles. The van der Waals surface area contributed by atoms with Crippen molar-refractivity contribution in [3.05, 3.63) is 45.2 Å². The molecule has 0 bridgehead atoms. The summed E-state index contributed by atoms with van der Waals surface area (Å²) in [5.74, 6) is -0.653. The number of anilines is 2. The van der Waals surface area contributed by atoms with Crippen molar-refractivity contribution < 1.29 is 35.1 Å². The summed E-state index contributed by atoms with van der Waals surface area (Å²) in [5, 5.41) is 2.55. The Morgan fingerprint density at radius 2 is 1.68 bits per heavy atom. The molecule has 5 rings (SSSR count). The Hall–Kier alpha value is -3.02. The van der Waals surface area contributed by atoms with Gasteiger partial charge in [-0.3, -0.25) is 14.1 Å². The van der Waals surface area contributed by atoms with Crippen molar-refractivity contribution >= 4 is 65.9 Å². The number of nitrogens with one attached hydrogen (secondary N) is 1. The molecule has 2 aromatic rings. The van der Waals surface area contributed by atoms with Crippen LogP contribution in [-0.4, -0.2) is 50.6 Å². The topological polar surface area (TPSA) is 220 Å². The molecule has 0 aromatic heterocycles. The second kappa shape index (κ2) is 10.4. The predicted octanol–water partition coefficient (Wildman–Crippen LogP) is 3.33. The highest BCUT2D eigenvalue weighted by molar-refractivity contribution is 7.86. The number of nitrogens with zero attached hydrogens (tertiary/aromatic N) is 2. The second-order valence-corrected chi connectivity index (χ2v) is 12.1. The van der Waals surface area contributed by atoms with E-state index in [-0.39, 0.29) is 85.9 Å². The van der Waals surface area contributed by atoms with Gasteiger partial charge in [0.2, 0.25) is 0 Å². The lowest BCUT2D eigenvalue weighted by Gasteiger charge is -2.26. The zero-order chi connectivity index (χ0) is 29.0. The van der Waals surface area contributed by atoms with Crippen LogP contribution in [0.5, 0.6) is 11.5 Å². The molecule has 3 aliphatic rings. The van der Waals surface area contributed by atoms with Crippen LogP contribution in [0.3, 0.4) is 0 Å². The number of rotatable bonds is 7. The number of nitrogens with two attached hydrogens (primary N) is 2. The fourth-order valence-corrected chi connectivity index (χ4v) is 6.54. The van der Waals surface area contributed by atoms with Crippen molar-refractivity contribution in [3.8, 4) is 23.0 Å². The van der Waals surface area contributed by atoms with Gasteiger partial charge in [-0.15, -0.1) is 0 Å². The van der Waals surface area contributed by atoms with Crippen LogP contribution in [0, 0.1) is 0 Å². The van der Waals surface area contributed by atoms with E-state index < -0.39 is 30.0 Å². The molecule has 1 aliphatic carbocycles. The highest BCUT2D eigenvalue weighted by Crippen LogP contribution is 2.54. The van der Waals surface area contributed by atoms with E-state index in [0.29, 0.717) is 13.0 Å². The van der Waals surface area contributed by atoms with E-state index in [4.69, 9.17) is 43.8 Å². The summed E-state index contributed by atoms with van der Waals surface area (Å²) in [7, 11) is -9.59. The van der Waals surface area contributed by atoms with Gasteiger partial charge in [0.25, 0.3) is 10.1 Å². The van der Waals surface area contributed by atoms with Gasteiger partial charge in [-0.1, -0.05) is 29.3 Å². The number of benzene rings is 3. The molecule has 0 spiro atoms. The zero-order valence-electron chi connectivity index (χ0n) is 20.3.